The Labute approximate surface area is 201 Å². The molecule has 2 nitrogen and oxygen atoms in total. The Morgan fingerprint density at radius 2 is 0.706 bits per heavy atom. The van der Waals surface area contributed by atoms with Crippen LogP contribution in [-0.4, -0.2) is 0 Å². The zero-order valence-electron chi connectivity index (χ0n) is 19.5. The highest BCUT2D eigenvalue weighted by atomic mass is 14.9. The van der Waals surface area contributed by atoms with Gasteiger partial charge in [0.05, 0.1) is 0 Å². The molecule has 5 aromatic rings. The Balaban J connectivity index is 1.30. The number of nitrogens with one attached hydrogen (secondary N) is 2. The van der Waals surface area contributed by atoms with Crippen LogP contribution in [0.3, 0.4) is 0 Å². The molecule has 2 heteroatoms. The first kappa shape index (κ1) is 21.5. The van der Waals surface area contributed by atoms with Crippen LogP contribution in [-0.2, 0) is 0 Å². The lowest BCUT2D eigenvalue weighted by atomic mass is 10.0. The number of benzene rings is 5. The molecule has 0 radical (unpaired) electrons. The molecular formula is C32H28N2. The molecule has 0 bridgehead atoms. The zero-order chi connectivity index (χ0) is 23.3. The highest BCUT2D eigenvalue weighted by molar-refractivity contribution is 5.74. The van der Waals surface area contributed by atoms with Gasteiger partial charge in [-0.05, 0) is 83.6 Å². The van der Waals surface area contributed by atoms with Crippen molar-refractivity contribution >= 4 is 22.7 Å². The number of rotatable bonds is 6. The summed E-state index contributed by atoms with van der Waals surface area (Å²) in [5, 5.41) is 7.16. The maximum Gasteiger partial charge on any atom is 0.0418 e. The van der Waals surface area contributed by atoms with Crippen molar-refractivity contribution in [3.63, 3.8) is 0 Å². The normalized spacial score (nSPS) is 10.6. The second-order valence-electron chi connectivity index (χ2n) is 8.62. The molecule has 0 aliphatic carbocycles. The molecule has 0 heterocycles. The molecule has 5 aromatic carbocycles. The van der Waals surface area contributed by atoms with Crippen molar-refractivity contribution < 1.29 is 0 Å². The molecule has 166 valence electrons. The minimum absolute atomic E-state index is 1.08. The van der Waals surface area contributed by atoms with Crippen LogP contribution in [0.5, 0.6) is 0 Å². The van der Waals surface area contributed by atoms with E-state index in [0.29, 0.717) is 0 Å². The van der Waals surface area contributed by atoms with Crippen LogP contribution in [0.2, 0.25) is 0 Å². The third-order valence-corrected chi connectivity index (χ3v) is 6.11. The van der Waals surface area contributed by atoms with Gasteiger partial charge >= 0.3 is 0 Å². The SMILES string of the molecule is Cc1cc(Nc2ccc(-c3ccccc3)cc2)c(C)cc1Nc1ccc(-c2ccccc2)cc1. The van der Waals surface area contributed by atoms with Crippen molar-refractivity contribution in [2.75, 3.05) is 10.6 Å². The van der Waals surface area contributed by atoms with Crippen LogP contribution in [0.15, 0.2) is 121 Å². The van der Waals surface area contributed by atoms with Gasteiger partial charge in [0.25, 0.3) is 0 Å². The Kier molecular flexibility index (Phi) is 6.13. The third kappa shape index (κ3) is 4.87. The van der Waals surface area contributed by atoms with Gasteiger partial charge in [0.2, 0.25) is 0 Å². The van der Waals surface area contributed by atoms with Gasteiger partial charge in [-0.3, -0.25) is 0 Å². The van der Waals surface area contributed by atoms with E-state index in [2.05, 4.69) is 134 Å². The Morgan fingerprint density at radius 3 is 1.06 bits per heavy atom. The van der Waals surface area contributed by atoms with E-state index < -0.39 is 0 Å². The van der Waals surface area contributed by atoms with Crippen molar-refractivity contribution in [3.8, 4) is 22.3 Å². The molecule has 0 aliphatic rings. The molecule has 0 fully saturated rings. The van der Waals surface area contributed by atoms with Gasteiger partial charge in [-0.2, -0.15) is 0 Å². The van der Waals surface area contributed by atoms with E-state index in [-0.39, 0.29) is 0 Å². The van der Waals surface area contributed by atoms with Crippen LogP contribution in [0, 0.1) is 13.8 Å². The number of hydrogen-bond acceptors (Lipinski definition) is 2. The summed E-state index contributed by atoms with van der Waals surface area (Å²) in [4.78, 5) is 0. The average Bonchev–Trinajstić information content (AvgIpc) is 2.89. The van der Waals surface area contributed by atoms with Crippen LogP contribution in [0.1, 0.15) is 11.1 Å². The average molecular weight is 441 g/mol. The molecule has 34 heavy (non-hydrogen) atoms. The maximum atomic E-state index is 3.58. The highest BCUT2D eigenvalue weighted by Crippen LogP contribution is 2.31. The first-order valence-corrected chi connectivity index (χ1v) is 11.6. The van der Waals surface area contributed by atoms with Crippen LogP contribution in [0.25, 0.3) is 22.3 Å². The lowest BCUT2D eigenvalue weighted by Gasteiger charge is -2.16. The number of hydrogen-bond donors (Lipinski definition) is 2. The van der Waals surface area contributed by atoms with E-state index in [1.54, 1.807) is 0 Å². The van der Waals surface area contributed by atoms with E-state index in [0.717, 1.165) is 22.7 Å². The molecule has 0 saturated carbocycles. The first-order chi connectivity index (χ1) is 16.7. The van der Waals surface area contributed by atoms with Gasteiger partial charge in [0.1, 0.15) is 0 Å². The molecular weight excluding hydrogens is 412 g/mol. The largest absolute Gasteiger partial charge is 0.355 e. The fraction of sp³-hybridized carbons (Fsp3) is 0.0625. The lowest BCUT2D eigenvalue weighted by molar-refractivity contribution is 1.36. The fourth-order valence-corrected chi connectivity index (χ4v) is 4.15. The van der Waals surface area contributed by atoms with Gasteiger partial charge in [0, 0.05) is 22.7 Å². The van der Waals surface area contributed by atoms with Crippen molar-refractivity contribution in [2.45, 2.75) is 13.8 Å². The van der Waals surface area contributed by atoms with E-state index >= 15 is 0 Å². The summed E-state index contributed by atoms with van der Waals surface area (Å²) in [6.07, 6.45) is 0. The quantitative estimate of drug-likeness (QED) is 0.275. The predicted octanol–water partition coefficient (Wildman–Crippen LogP) is 9.12. The number of anilines is 4. The molecule has 0 unspecified atom stereocenters. The summed E-state index contributed by atoms with van der Waals surface area (Å²) < 4.78 is 0. The van der Waals surface area contributed by atoms with Gasteiger partial charge < -0.3 is 10.6 Å². The van der Waals surface area contributed by atoms with E-state index in [1.807, 2.05) is 12.1 Å². The van der Waals surface area contributed by atoms with Gasteiger partial charge in [-0.1, -0.05) is 84.9 Å². The second kappa shape index (κ2) is 9.68. The van der Waals surface area contributed by atoms with E-state index in [9.17, 15) is 0 Å². The maximum absolute atomic E-state index is 3.58. The van der Waals surface area contributed by atoms with Gasteiger partial charge in [-0.15, -0.1) is 0 Å². The molecule has 0 atom stereocenters. The molecule has 0 aromatic heterocycles. The van der Waals surface area contributed by atoms with Crippen molar-refractivity contribution in [1.29, 1.82) is 0 Å². The summed E-state index contributed by atoms with van der Waals surface area (Å²) >= 11 is 0. The highest BCUT2D eigenvalue weighted by Gasteiger charge is 2.07. The Morgan fingerprint density at radius 1 is 0.382 bits per heavy atom. The molecule has 5 rings (SSSR count). The van der Waals surface area contributed by atoms with Crippen LogP contribution < -0.4 is 10.6 Å². The van der Waals surface area contributed by atoms with Crippen molar-refractivity contribution in [1.82, 2.24) is 0 Å². The third-order valence-electron chi connectivity index (χ3n) is 6.11. The summed E-state index contributed by atoms with van der Waals surface area (Å²) in [5.74, 6) is 0. The zero-order valence-corrected chi connectivity index (χ0v) is 19.5. The molecule has 0 aliphatic heterocycles. The van der Waals surface area contributed by atoms with Crippen LogP contribution in [0.4, 0.5) is 22.7 Å². The summed E-state index contributed by atoms with van der Waals surface area (Å²) in [7, 11) is 0. The van der Waals surface area contributed by atoms with E-state index in [1.165, 1.54) is 33.4 Å². The molecule has 0 spiro atoms. The topological polar surface area (TPSA) is 24.1 Å². The summed E-state index contributed by atoms with van der Waals surface area (Å²) in [5.41, 5.74) is 11.7. The smallest absolute Gasteiger partial charge is 0.0418 e. The Bertz CT molecular complexity index is 1260. The Hall–Kier alpha value is -4.30. The summed E-state index contributed by atoms with van der Waals surface area (Å²) in [6, 6.07) is 42.5. The van der Waals surface area contributed by atoms with Gasteiger partial charge in [-0.25, -0.2) is 0 Å². The molecule has 0 amide bonds. The number of aryl methyl sites for hydroxylation is 2. The second-order valence-corrected chi connectivity index (χ2v) is 8.62. The summed E-state index contributed by atoms with van der Waals surface area (Å²) in [6.45, 7) is 4.29. The monoisotopic (exact) mass is 440 g/mol. The minimum atomic E-state index is 1.08. The fourth-order valence-electron chi connectivity index (χ4n) is 4.15. The lowest BCUT2D eigenvalue weighted by Crippen LogP contribution is -1.98. The standard InChI is InChI=1S/C32H28N2/c1-23-21-32(34-30-19-15-28(16-20-30)26-11-7-4-8-12-26)24(2)22-31(23)33-29-17-13-27(14-18-29)25-9-5-3-6-10-25/h3-22,33-34H,1-2H3. The van der Waals surface area contributed by atoms with Crippen LogP contribution >= 0.6 is 0 Å². The molecule has 0 saturated heterocycles. The minimum Gasteiger partial charge on any atom is -0.355 e. The van der Waals surface area contributed by atoms with Crippen molar-refractivity contribution in [2.24, 2.45) is 0 Å². The van der Waals surface area contributed by atoms with E-state index in [4.69, 9.17) is 0 Å². The van der Waals surface area contributed by atoms with Crippen molar-refractivity contribution in [3.05, 3.63) is 132 Å². The first-order valence-electron chi connectivity index (χ1n) is 11.6. The van der Waals surface area contributed by atoms with Gasteiger partial charge in [0.15, 0.2) is 0 Å². The predicted molar refractivity (Wildman–Crippen MR) is 146 cm³/mol. The molecule has 2 N–H and O–H groups in total.